The number of nitrogens with zero attached hydrogens (tertiary/aromatic N) is 4. The molecule has 0 bridgehead atoms. The van der Waals surface area contributed by atoms with E-state index in [0.29, 0.717) is 23.7 Å². The smallest absolute Gasteiger partial charge is 0.243 e. The van der Waals surface area contributed by atoms with Gasteiger partial charge in [0.1, 0.15) is 6.04 Å². The number of hydrogen-bond acceptors (Lipinski definition) is 5. The van der Waals surface area contributed by atoms with E-state index in [1.807, 2.05) is 61.2 Å². The molecule has 7 nitrogen and oxygen atoms in total. The summed E-state index contributed by atoms with van der Waals surface area (Å²) < 4.78 is 4.17. The van der Waals surface area contributed by atoms with Gasteiger partial charge in [-0.2, -0.15) is 10.2 Å². The van der Waals surface area contributed by atoms with E-state index < -0.39 is 6.04 Å². The molecule has 4 rings (SSSR count). The van der Waals surface area contributed by atoms with Gasteiger partial charge in [-0.25, -0.2) is 0 Å². The number of aromatic amines is 1. The van der Waals surface area contributed by atoms with Crippen LogP contribution in [0.4, 0.5) is 0 Å². The topological polar surface area (TPSA) is 80.5 Å². The van der Waals surface area contributed by atoms with E-state index >= 15 is 0 Å². The van der Waals surface area contributed by atoms with Gasteiger partial charge in [-0.3, -0.25) is 19.1 Å². The third-order valence-corrected chi connectivity index (χ3v) is 6.51. The van der Waals surface area contributed by atoms with E-state index in [2.05, 4.69) is 32.7 Å². The Bertz CT molecular complexity index is 1240. The monoisotopic (exact) mass is 452 g/mol. The van der Waals surface area contributed by atoms with Crippen LogP contribution in [-0.4, -0.2) is 30.5 Å². The quantitative estimate of drug-likeness (QED) is 0.407. The fraction of sp³-hybridized carbons (Fsp3) is 0.273. The van der Waals surface area contributed by atoms with E-state index in [1.165, 1.54) is 5.56 Å². The number of aryl methyl sites for hydroxylation is 1. The molecule has 1 unspecified atom stereocenters. The molecule has 1 aromatic carbocycles. The summed E-state index contributed by atoms with van der Waals surface area (Å²) in [6.45, 7) is 6.95. The lowest BCUT2D eigenvalue weighted by molar-refractivity contribution is -0.124. The Morgan fingerprint density at radius 1 is 1.23 bits per heavy atom. The maximum absolute atomic E-state index is 13.0. The summed E-state index contributed by atoms with van der Waals surface area (Å²) in [5.41, 5.74) is 4.19. The highest BCUT2D eigenvalue weighted by Gasteiger charge is 2.22. The van der Waals surface area contributed by atoms with Gasteiger partial charge in [0.25, 0.3) is 0 Å². The summed E-state index contributed by atoms with van der Waals surface area (Å²) in [7, 11) is 0. The Morgan fingerprint density at radius 2 is 2.00 bits per heavy atom. The van der Waals surface area contributed by atoms with Crippen LogP contribution in [-0.2, 0) is 17.9 Å². The van der Waals surface area contributed by atoms with Crippen molar-refractivity contribution in [1.82, 2.24) is 29.9 Å². The van der Waals surface area contributed by atoms with Crippen molar-refractivity contribution in [2.45, 2.75) is 39.9 Å². The molecule has 1 atom stereocenters. The first-order chi connectivity index (χ1) is 15.0. The van der Waals surface area contributed by atoms with Gasteiger partial charge < -0.3 is 5.32 Å². The first kappa shape index (κ1) is 21.2. The molecule has 0 aliphatic heterocycles. The lowest BCUT2D eigenvalue weighted by Crippen LogP contribution is -2.31. The van der Waals surface area contributed by atoms with Crippen LogP contribution in [0, 0.1) is 18.6 Å². The second kappa shape index (κ2) is 8.99. The fourth-order valence-corrected chi connectivity index (χ4v) is 4.58. The second-order valence-corrected chi connectivity index (χ2v) is 8.72. The minimum atomic E-state index is -0.497. The third kappa shape index (κ3) is 4.38. The van der Waals surface area contributed by atoms with Gasteiger partial charge in [-0.05, 0) is 50.0 Å². The molecular formula is C22H24N6OS2. The van der Waals surface area contributed by atoms with Gasteiger partial charge in [0, 0.05) is 17.8 Å². The molecule has 9 heteroatoms. The molecule has 2 N–H and O–H groups in total. The highest BCUT2D eigenvalue weighted by molar-refractivity contribution is 7.71. The van der Waals surface area contributed by atoms with Gasteiger partial charge >= 0.3 is 0 Å². The largest absolute Gasteiger partial charge is 0.350 e. The number of hydrogen-bond donors (Lipinski definition) is 2. The molecule has 0 saturated carbocycles. The molecule has 1 amide bonds. The number of carbonyl (C=O) groups excluding carboxylic acids is 1. The zero-order valence-corrected chi connectivity index (χ0v) is 19.3. The third-order valence-electron chi connectivity index (χ3n) is 5.36. The number of rotatable bonds is 7. The van der Waals surface area contributed by atoms with Crippen LogP contribution in [0.2, 0.25) is 0 Å². The molecular weight excluding hydrogens is 428 g/mol. The molecule has 0 spiro atoms. The first-order valence-corrected chi connectivity index (χ1v) is 11.3. The van der Waals surface area contributed by atoms with E-state index in [9.17, 15) is 4.79 Å². The predicted octanol–water partition coefficient (Wildman–Crippen LogP) is 4.41. The average Bonchev–Trinajstić information content (AvgIpc) is 3.48. The Hall–Kier alpha value is -3.04. The second-order valence-electron chi connectivity index (χ2n) is 7.39. The van der Waals surface area contributed by atoms with Crippen molar-refractivity contribution in [3.63, 3.8) is 0 Å². The maximum Gasteiger partial charge on any atom is 0.243 e. The summed E-state index contributed by atoms with van der Waals surface area (Å²) in [4.78, 5) is 13.9. The molecule has 4 aromatic rings. The summed E-state index contributed by atoms with van der Waals surface area (Å²) in [6.07, 6.45) is 0. The lowest BCUT2D eigenvalue weighted by Gasteiger charge is -2.15. The normalized spacial score (nSPS) is 12.1. The number of nitrogens with one attached hydrogen (secondary N) is 2. The summed E-state index contributed by atoms with van der Waals surface area (Å²) in [5, 5.41) is 16.8. The van der Waals surface area contributed by atoms with Crippen LogP contribution in [0.3, 0.4) is 0 Å². The minimum Gasteiger partial charge on any atom is -0.350 e. The molecule has 3 heterocycles. The van der Waals surface area contributed by atoms with Crippen LogP contribution in [0.15, 0.2) is 47.8 Å². The van der Waals surface area contributed by atoms with Crippen molar-refractivity contribution in [1.29, 1.82) is 0 Å². The Kier molecular flexibility index (Phi) is 6.15. The van der Waals surface area contributed by atoms with Gasteiger partial charge in [0.05, 0.1) is 17.1 Å². The predicted molar refractivity (Wildman–Crippen MR) is 125 cm³/mol. The van der Waals surface area contributed by atoms with Crippen molar-refractivity contribution in [2.24, 2.45) is 0 Å². The Morgan fingerprint density at radius 3 is 2.71 bits per heavy atom. The van der Waals surface area contributed by atoms with Crippen molar-refractivity contribution in [2.75, 3.05) is 0 Å². The van der Waals surface area contributed by atoms with Crippen LogP contribution < -0.4 is 5.32 Å². The standard InChI is InChI=1S/C22H24N6OS2/c1-14-18(15(2)27(26-14)13-17-8-5-4-6-9-17)12-23-21(29)16(3)28-20(24-25-22(28)30)19-10-7-11-31-19/h4-11,16H,12-13H2,1-3H3,(H,23,29)(H,25,30). The average molecular weight is 453 g/mol. The lowest BCUT2D eigenvalue weighted by atomic mass is 10.2. The summed E-state index contributed by atoms with van der Waals surface area (Å²) in [6, 6.07) is 13.6. The molecule has 3 aromatic heterocycles. The highest BCUT2D eigenvalue weighted by Crippen LogP contribution is 2.25. The van der Waals surface area contributed by atoms with Gasteiger partial charge in [-0.1, -0.05) is 36.4 Å². The highest BCUT2D eigenvalue weighted by atomic mass is 32.1. The Balaban J connectivity index is 1.49. The zero-order valence-electron chi connectivity index (χ0n) is 17.6. The van der Waals surface area contributed by atoms with E-state index in [0.717, 1.165) is 21.8 Å². The molecule has 0 aliphatic rings. The summed E-state index contributed by atoms with van der Waals surface area (Å²) in [5.74, 6) is 0.551. The van der Waals surface area contributed by atoms with Crippen molar-refractivity contribution < 1.29 is 4.79 Å². The summed E-state index contributed by atoms with van der Waals surface area (Å²) >= 11 is 6.94. The molecule has 0 radical (unpaired) electrons. The fourth-order valence-electron chi connectivity index (χ4n) is 3.58. The molecule has 0 saturated heterocycles. The number of amides is 1. The number of aromatic nitrogens is 5. The minimum absolute atomic E-state index is 0.120. The number of benzene rings is 1. The maximum atomic E-state index is 13.0. The molecule has 0 aliphatic carbocycles. The number of thiophene rings is 1. The van der Waals surface area contributed by atoms with Crippen molar-refractivity contribution >= 4 is 29.5 Å². The molecule has 31 heavy (non-hydrogen) atoms. The van der Waals surface area contributed by atoms with E-state index in [-0.39, 0.29) is 5.91 Å². The van der Waals surface area contributed by atoms with Crippen molar-refractivity contribution in [3.8, 4) is 10.7 Å². The molecule has 160 valence electrons. The van der Waals surface area contributed by atoms with Gasteiger partial charge in [0.15, 0.2) is 10.6 Å². The Labute approximate surface area is 189 Å². The zero-order chi connectivity index (χ0) is 22.0. The van der Waals surface area contributed by atoms with Crippen LogP contribution in [0.5, 0.6) is 0 Å². The van der Waals surface area contributed by atoms with E-state index in [1.54, 1.807) is 15.9 Å². The molecule has 0 fully saturated rings. The van der Waals surface area contributed by atoms with Crippen molar-refractivity contribution in [3.05, 3.63) is 75.1 Å². The van der Waals surface area contributed by atoms with Crippen LogP contribution in [0.25, 0.3) is 10.7 Å². The van der Waals surface area contributed by atoms with Crippen LogP contribution in [0.1, 0.15) is 35.5 Å². The van der Waals surface area contributed by atoms with Gasteiger partial charge in [-0.15, -0.1) is 11.3 Å². The van der Waals surface area contributed by atoms with Gasteiger partial charge in [0.2, 0.25) is 5.91 Å². The first-order valence-electron chi connectivity index (χ1n) is 10.0. The van der Waals surface area contributed by atoms with E-state index in [4.69, 9.17) is 12.2 Å². The number of H-pyrrole nitrogens is 1. The van der Waals surface area contributed by atoms with Crippen LogP contribution >= 0.6 is 23.6 Å². The SMILES string of the molecule is Cc1nn(Cc2ccccc2)c(C)c1CNC(=O)C(C)n1c(-c2cccs2)n[nH]c1=S. The number of carbonyl (C=O) groups is 1.